The van der Waals surface area contributed by atoms with Gasteiger partial charge in [-0.1, -0.05) is 97.1 Å². The van der Waals surface area contributed by atoms with Crippen molar-refractivity contribution >= 4 is 53.9 Å². The van der Waals surface area contributed by atoms with Gasteiger partial charge in [0.1, 0.15) is 0 Å². The van der Waals surface area contributed by atoms with E-state index in [4.69, 9.17) is 9.40 Å². The number of hydrogen-bond acceptors (Lipinski definition) is 4. The Hall–Kier alpha value is -6.65. The van der Waals surface area contributed by atoms with Crippen LogP contribution in [0.3, 0.4) is 0 Å². The summed E-state index contributed by atoms with van der Waals surface area (Å²) in [6, 6.07) is 55.8. The molecule has 10 aromatic rings. The van der Waals surface area contributed by atoms with E-state index in [2.05, 4.69) is 132 Å². The minimum atomic E-state index is 0.503. The monoisotopic (exact) mass is 625 g/mol. The molecule has 2 aromatic heterocycles. The zero-order valence-corrected chi connectivity index (χ0v) is 26.3. The first-order valence-corrected chi connectivity index (χ1v) is 16.4. The molecule has 0 aliphatic heterocycles. The second-order valence-corrected chi connectivity index (χ2v) is 12.5. The van der Waals surface area contributed by atoms with Crippen LogP contribution in [0.15, 0.2) is 168 Å². The van der Waals surface area contributed by atoms with Crippen LogP contribution in [0.5, 0.6) is 0 Å². The molecule has 10 rings (SSSR count). The fourth-order valence-electron chi connectivity index (χ4n) is 7.35. The maximum atomic E-state index is 6.05. The molecule has 0 bridgehead atoms. The van der Waals surface area contributed by atoms with Crippen LogP contribution in [0.4, 0.5) is 0 Å². The minimum absolute atomic E-state index is 0.503. The Morgan fingerprint density at radius 1 is 0.347 bits per heavy atom. The summed E-state index contributed by atoms with van der Waals surface area (Å²) < 4.78 is 6.05. The molecule has 8 aromatic carbocycles. The molecule has 2 heterocycles. The summed E-state index contributed by atoms with van der Waals surface area (Å²) in [5.74, 6) is 1.02. The molecule has 0 spiro atoms. The summed E-state index contributed by atoms with van der Waals surface area (Å²) in [5, 5.41) is 20.9. The Morgan fingerprint density at radius 3 is 1.43 bits per heavy atom. The molecule has 0 atom stereocenters. The molecule has 0 aliphatic carbocycles. The Kier molecular flexibility index (Phi) is 6.15. The molecule has 0 N–H and O–H groups in total. The zero-order valence-electron chi connectivity index (χ0n) is 26.3. The molecule has 49 heavy (non-hydrogen) atoms. The van der Waals surface area contributed by atoms with E-state index in [1.807, 2.05) is 42.6 Å². The summed E-state index contributed by atoms with van der Waals surface area (Å²) in [7, 11) is 0. The normalized spacial score (nSPS) is 11.7. The van der Waals surface area contributed by atoms with E-state index >= 15 is 0 Å². The number of pyridine rings is 1. The van der Waals surface area contributed by atoms with Gasteiger partial charge in [-0.25, -0.2) is 0 Å². The maximum absolute atomic E-state index is 6.05. The highest BCUT2D eigenvalue weighted by Crippen LogP contribution is 2.43. The molecule has 0 saturated heterocycles. The summed E-state index contributed by atoms with van der Waals surface area (Å²) in [4.78, 5) is 4.72. The van der Waals surface area contributed by atoms with Crippen molar-refractivity contribution in [2.45, 2.75) is 0 Å². The highest BCUT2D eigenvalue weighted by molar-refractivity contribution is 6.33. The molecule has 0 unspecified atom stereocenters. The smallest absolute Gasteiger partial charge is 0.248 e. The largest absolute Gasteiger partial charge is 0.416 e. The van der Waals surface area contributed by atoms with E-state index in [1.165, 1.54) is 53.9 Å². The third-order valence-electron chi connectivity index (χ3n) is 9.63. The molecule has 0 aliphatic rings. The number of hydrogen-bond donors (Lipinski definition) is 0. The number of fused-ring (bicyclic) bond motifs is 5. The fourth-order valence-corrected chi connectivity index (χ4v) is 7.35. The Bertz CT molecular complexity index is 2860. The molecule has 4 heteroatoms. The fraction of sp³-hybridized carbons (Fsp3) is 0. The van der Waals surface area contributed by atoms with Gasteiger partial charge in [-0.2, -0.15) is 0 Å². The molecule has 4 nitrogen and oxygen atoms in total. The van der Waals surface area contributed by atoms with Gasteiger partial charge in [0.25, 0.3) is 0 Å². The van der Waals surface area contributed by atoms with Gasteiger partial charge in [0.15, 0.2) is 0 Å². The van der Waals surface area contributed by atoms with E-state index in [-0.39, 0.29) is 0 Å². The van der Waals surface area contributed by atoms with Gasteiger partial charge < -0.3 is 4.42 Å². The third kappa shape index (κ3) is 4.49. The van der Waals surface area contributed by atoms with Crippen LogP contribution >= 0.6 is 0 Å². The minimum Gasteiger partial charge on any atom is -0.416 e. The van der Waals surface area contributed by atoms with Crippen molar-refractivity contribution in [1.82, 2.24) is 15.2 Å². The van der Waals surface area contributed by atoms with E-state index in [0.29, 0.717) is 11.8 Å². The van der Waals surface area contributed by atoms with Crippen molar-refractivity contribution in [3.05, 3.63) is 164 Å². The summed E-state index contributed by atoms with van der Waals surface area (Å²) >= 11 is 0. The van der Waals surface area contributed by atoms with Crippen LogP contribution in [-0.4, -0.2) is 15.2 Å². The van der Waals surface area contributed by atoms with Crippen molar-refractivity contribution < 1.29 is 4.42 Å². The second kappa shape index (κ2) is 11.0. The molecule has 0 radical (unpaired) electrons. The average Bonchev–Trinajstić information content (AvgIpc) is 3.68. The first-order chi connectivity index (χ1) is 24.3. The highest BCUT2D eigenvalue weighted by atomic mass is 16.4. The van der Waals surface area contributed by atoms with Crippen molar-refractivity contribution in [3.8, 4) is 45.3 Å². The van der Waals surface area contributed by atoms with Gasteiger partial charge in [-0.3, -0.25) is 4.98 Å². The second-order valence-electron chi connectivity index (χ2n) is 12.5. The zero-order chi connectivity index (χ0) is 32.3. The van der Waals surface area contributed by atoms with Crippen molar-refractivity contribution in [2.24, 2.45) is 0 Å². The lowest BCUT2D eigenvalue weighted by molar-refractivity contribution is 0.584. The van der Waals surface area contributed by atoms with Gasteiger partial charge in [-0.05, 0) is 126 Å². The number of rotatable bonds is 4. The summed E-state index contributed by atoms with van der Waals surface area (Å²) in [6.45, 7) is 0. The lowest BCUT2D eigenvalue weighted by Gasteiger charge is -2.16. The topological polar surface area (TPSA) is 51.8 Å². The van der Waals surface area contributed by atoms with Gasteiger partial charge in [0.2, 0.25) is 11.8 Å². The van der Waals surface area contributed by atoms with E-state index < -0.39 is 0 Å². The van der Waals surface area contributed by atoms with Crippen molar-refractivity contribution in [2.75, 3.05) is 0 Å². The first kappa shape index (κ1) is 27.5. The molecule has 0 fully saturated rings. The molecular weight excluding hydrogens is 599 g/mol. The molecule has 228 valence electrons. The van der Waals surface area contributed by atoms with Gasteiger partial charge in [0, 0.05) is 22.9 Å². The van der Waals surface area contributed by atoms with Crippen LogP contribution in [0.1, 0.15) is 0 Å². The van der Waals surface area contributed by atoms with Crippen LogP contribution in [0, 0.1) is 0 Å². The highest BCUT2D eigenvalue weighted by Gasteiger charge is 2.16. The van der Waals surface area contributed by atoms with Crippen LogP contribution in [-0.2, 0) is 0 Å². The lowest BCUT2D eigenvalue weighted by Crippen LogP contribution is -1.90. The van der Waals surface area contributed by atoms with Gasteiger partial charge >= 0.3 is 0 Å². The first-order valence-electron chi connectivity index (χ1n) is 16.4. The van der Waals surface area contributed by atoms with E-state index in [0.717, 1.165) is 33.5 Å². The Balaban J connectivity index is 1.22. The summed E-state index contributed by atoms with van der Waals surface area (Å²) in [6.07, 6.45) is 1.86. The molecular formula is C45H27N3O. The Morgan fingerprint density at radius 2 is 0.837 bits per heavy atom. The van der Waals surface area contributed by atoms with Crippen molar-refractivity contribution in [1.29, 1.82) is 0 Å². The molecule has 0 amide bonds. The predicted molar refractivity (Wildman–Crippen MR) is 201 cm³/mol. The summed E-state index contributed by atoms with van der Waals surface area (Å²) in [5.41, 5.74) is 6.14. The predicted octanol–water partition coefficient (Wildman–Crippen LogP) is 11.9. The number of nitrogens with zero attached hydrogens (tertiary/aromatic N) is 3. The molecule has 0 saturated carbocycles. The van der Waals surface area contributed by atoms with Crippen LogP contribution in [0.25, 0.3) is 99.2 Å². The van der Waals surface area contributed by atoms with Crippen LogP contribution < -0.4 is 0 Å². The number of benzene rings is 7. The quantitative estimate of drug-likeness (QED) is 0.183. The third-order valence-corrected chi connectivity index (χ3v) is 9.63. The maximum Gasteiger partial charge on any atom is 0.248 e. The SMILES string of the molecule is c1ccc(-c2nnc(-c3ccc(-c4cc5ccc6cc(-c7ccccn7)cc7c8ccccc8c8ccccc8c(c4)c5c67)cc3)o2)cc1. The van der Waals surface area contributed by atoms with Gasteiger partial charge in [0.05, 0.1) is 5.69 Å². The standard InChI is InChI=1S/C45H27N3O/c1-2-10-29(11-3-1)44-47-48-45(49-44)30-19-17-28(18-20-30)33-24-31-21-22-32-25-34(41-16-8-9-23-46-41)27-40-38-15-7-5-13-36(38)35-12-4-6-14-37(35)39(26-33)42(31)43(32)40/h1-27H. The lowest BCUT2D eigenvalue weighted by atomic mass is 9.87. The average molecular weight is 626 g/mol. The Labute approximate surface area is 281 Å². The van der Waals surface area contributed by atoms with Gasteiger partial charge in [-0.15, -0.1) is 10.2 Å². The van der Waals surface area contributed by atoms with Crippen LogP contribution in [0.2, 0.25) is 0 Å². The van der Waals surface area contributed by atoms with E-state index in [9.17, 15) is 0 Å². The van der Waals surface area contributed by atoms with Crippen molar-refractivity contribution in [3.63, 3.8) is 0 Å². The van der Waals surface area contributed by atoms with E-state index in [1.54, 1.807) is 0 Å². The number of aromatic nitrogens is 3.